The van der Waals surface area contributed by atoms with E-state index in [2.05, 4.69) is 5.32 Å². The van der Waals surface area contributed by atoms with Gasteiger partial charge < -0.3 is 26.6 Å². The maximum Gasteiger partial charge on any atom is 0.326 e. The van der Waals surface area contributed by atoms with Crippen LogP contribution in [-0.2, 0) is 19.2 Å². The van der Waals surface area contributed by atoms with Crippen LogP contribution >= 0.6 is 0 Å². The van der Waals surface area contributed by atoms with Gasteiger partial charge in [-0.1, -0.05) is 0 Å². The lowest BCUT2D eigenvalue weighted by Gasteiger charge is -2.18. The Bertz CT molecular complexity index is 381. The molecule has 0 radical (unpaired) electrons. The first-order valence-electron chi connectivity index (χ1n) is 5.46. The monoisotopic (exact) mass is 275 g/mol. The third-order valence-electron chi connectivity index (χ3n) is 2.16. The Morgan fingerprint density at radius 2 is 1.58 bits per heavy atom. The summed E-state index contributed by atoms with van der Waals surface area (Å²) in [5.74, 6) is -4.21. The SMILES string of the molecule is C[C@H](N)C(=O)N[C@@H](C)C(=O)N[C@H](CC(=O)O)C(=O)O. The molecule has 0 aliphatic heterocycles. The second-order valence-electron chi connectivity index (χ2n) is 4.02. The molecule has 0 bridgehead atoms. The van der Waals surface area contributed by atoms with E-state index in [0.717, 1.165) is 0 Å². The highest BCUT2D eigenvalue weighted by atomic mass is 16.4. The average Bonchev–Trinajstić information content (AvgIpc) is 2.26. The maximum absolute atomic E-state index is 11.6. The minimum absolute atomic E-state index is 0.576. The molecule has 0 aliphatic rings. The van der Waals surface area contributed by atoms with Gasteiger partial charge in [0.05, 0.1) is 12.5 Å². The van der Waals surface area contributed by atoms with Gasteiger partial charge in [0.2, 0.25) is 11.8 Å². The standard InChI is InChI=1S/C10H17N3O6/c1-4(11)8(16)12-5(2)9(17)13-6(10(18)19)3-7(14)15/h4-6H,3,11H2,1-2H3,(H,12,16)(H,13,17)(H,14,15)(H,18,19)/t4-,5-,6+/m0/s1. The minimum atomic E-state index is -1.56. The summed E-state index contributed by atoms with van der Waals surface area (Å²) in [6.07, 6.45) is -0.755. The van der Waals surface area contributed by atoms with Gasteiger partial charge in [-0.3, -0.25) is 14.4 Å². The summed E-state index contributed by atoms with van der Waals surface area (Å²) in [5, 5.41) is 21.5. The van der Waals surface area contributed by atoms with Gasteiger partial charge >= 0.3 is 11.9 Å². The molecular weight excluding hydrogens is 258 g/mol. The largest absolute Gasteiger partial charge is 0.481 e. The Hall–Kier alpha value is -2.16. The fourth-order valence-corrected chi connectivity index (χ4v) is 1.08. The molecule has 0 saturated carbocycles. The minimum Gasteiger partial charge on any atom is -0.481 e. The predicted molar refractivity (Wildman–Crippen MR) is 63.1 cm³/mol. The lowest BCUT2D eigenvalue weighted by molar-refractivity contribution is -0.147. The second kappa shape index (κ2) is 7.31. The Balaban J connectivity index is 4.51. The summed E-state index contributed by atoms with van der Waals surface area (Å²) in [4.78, 5) is 44.0. The van der Waals surface area contributed by atoms with Crippen LogP contribution in [0.1, 0.15) is 20.3 Å². The number of hydrogen-bond donors (Lipinski definition) is 5. The molecule has 9 heteroatoms. The van der Waals surface area contributed by atoms with E-state index in [1.807, 2.05) is 5.32 Å². The number of nitrogens with one attached hydrogen (secondary N) is 2. The van der Waals surface area contributed by atoms with Gasteiger partial charge in [-0.15, -0.1) is 0 Å². The van der Waals surface area contributed by atoms with E-state index in [9.17, 15) is 19.2 Å². The lowest BCUT2D eigenvalue weighted by atomic mass is 10.2. The van der Waals surface area contributed by atoms with Gasteiger partial charge in [0.15, 0.2) is 0 Å². The van der Waals surface area contributed by atoms with Crippen molar-refractivity contribution in [3.63, 3.8) is 0 Å². The lowest BCUT2D eigenvalue weighted by Crippen LogP contribution is -2.53. The first-order valence-corrected chi connectivity index (χ1v) is 5.46. The van der Waals surface area contributed by atoms with Crippen molar-refractivity contribution in [2.75, 3.05) is 0 Å². The van der Waals surface area contributed by atoms with Crippen molar-refractivity contribution in [2.45, 2.75) is 38.4 Å². The van der Waals surface area contributed by atoms with Crippen molar-refractivity contribution < 1.29 is 29.4 Å². The highest BCUT2D eigenvalue weighted by Gasteiger charge is 2.26. The second-order valence-corrected chi connectivity index (χ2v) is 4.02. The number of carboxylic acids is 2. The van der Waals surface area contributed by atoms with Crippen molar-refractivity contribution in [3.05, 3.63) is 0 Å². The van der Waals surface area contributed by atoms with Crippen LogP contribution < -0.4 is 16.4 Å². The van der Waals surface area contributed by atoms with Crippen molar-refractivity contribution >= 4 is 23.8 Å². The first-order chi connectivity index (χ1) is 8.65. The molecule has 0 aliphatic carbocycles. The third-order valence-corrected chi connectivity index (χ3v) is 2.16. The van der Waals surface area contributed by atoms with Gasteiger partial charge in [-0.2, -0.15) is 0 Å². The zero-order valence-electron chi connectivity index (χ0n) is 10.5. The van der Waals surface area contributed by atoms with Gasteiger partial charge in [-0.25, -0.2) is 4.79 Å². The Morgan fingerprint density at radius 1 is 1.05 bits per heavy atom. The van der Waals surface area contributed by atoms with Gasteiger partial charge in [0.25, 0.3) is 0 Å². The van der Waals surface area contributed by atoms with E-state index in [1.165, 1.54) is 13.8 Å². The van der Waals surface area contributed by atoms with Crippen LogP contribution in [0.25, 0.3) is 0 Å². The maximum atomic E-state index is 11.6. The van der Waals surface area contributed by atoms with Crippen LogP contribution in [0, 0.1) is 0 Å². The molecule has 3 atom stereocenters. The van der Waals surface area contributed by atoms with Gasteiger partial charge in [0, 0.05) is 0 Å². The van der Waals surface area contributed by atoms with Crippen LogP contribution in [-0.4, -0.2) is 52.1 Å². The molecule has 0 unspecified atom stereocenters. The number of rotatable bonds is 7. The van der Waals surface area contributed by atoms with E-state index < -0.39 is 48.3 Å². The number of carbonyl (C=O) groups is 4. The predicted octanol–water partition coefficient (Wildman–Crippen LogP) is -2.12. The summed E-state index contributed by atoms with van der Waals surface area (Å²) >= 11 is 0. The number of carbonyl (C=O) groups excluding carboxylic acids is 2. The fourth-order valence-electron chi connectivity index (χ4n) is 1.08. The van der Waals surface area contributed by atoms with Crippen LogP contribution in [0.2, 0.25) is 0 Å². The Morgan fingerprint density at radius 3 is 1.95 bits per heavy atom. The molecule has 9 nitrogen and oxygen atoms in total. The van der Waals surface area contributed by atoms with Crippen LogP contribution in [0.4, 0.5) is 0 Å². The molecule has 0 aromatic rings. The molecule has 6 N–H and O–H groups in total. The summed E-state index contributed by atoms with van der Waals surface area (Å²) in [6.45, 7) is 2.75. The molecule has 0 aromatic carbocycles. The van der Waals surface area contributed by atoms with Gasteiger partial charge in [0.1, 0.15) is 12.1 Å². The first kappa shape index (κ1) is 16.8. The van der Waals surface area contributed by atoms with E-state index in [0.29, 0.717) is 0 Å². The summed E-state index contributed by atoms with van der Waals surface area (Å²) < 4.78 is 0. The van der Waals surface area contributed by atoms with Crippen molar-refractivity contribution in [1.29, 1.82) is 0 Å². The smallest absolute Gasteiger partial charge is 0.326 e. The fraction of sp³-hybridized carbons (Fsp3) is 0.600. The van der Waals surface area contributed by atoms with Gasteiger partial charge in [-0.05, 0) is 13.8 Å². The number of carboxylic acid groups (broad SMARTS) is 2. The topological polar surface area (TPSA) is 159 Å². The molecule has 0 saturated heterocycles. The summed E-state index contributed by atoms with van der Waals surface area (Å²) in [5.41, 5.74) is 5.28. The highest BCUT2D eigenvalue weighted by Crippen LogP contribution is 1.95. The molecule has 108 valence electrons. The van der Waals surface area contributed by atoms with E-state index in [1.54, 1.807) is 0 Å². The van der Waals surface area contributed by atoms with E-state index in [-0.39, 0.29) is 0 Å². The molecule has 0 heterocycles. The number of aliphatic carboxylic acids is 2. The van der Waals surface area contributed by atoms with E-state index in [4.69, 9.17) is 15.9 Å². The molecule has 0 aromatic heterocycles. The normalized spacial score (nSPS) is 14.9. The molecular formula is C10H17N3O6. The van der Waals surface area contributed by atoms with E-state index >= 15 is 0 Å². The third kappa shape index (κ3) is 6.36. The summed E-state index contributed by atoms with van der Waals surface area (Å²) in [6, 6.07) is -3.39. The van der Waals surface area contributed by atoms with Crippen molar-refractivity contribution in [1.82, 2.24) is 10.6 Å². The molecule has 0 spiro atoms. The van der Waals surface area contributed by atoms with Crippen molar-refractivity contribution in [3.8, 4) is 0 Å². The van der Waals surface area contributed by atoms with Crippen LogP contribution in [0.3, 0.4) is 0 Å². The highest BCUT2D eigenvalue weighted by molar-refractivity contribution is 5.92. The van der Waals surface area contributed by atoms with Crippen LogP contribution in [0.5, 0.6) is 0 Å². The van der Waals surface area contributed by atoms with Crippen molar-refractivity contribution in [2.24, 2.45) is 5.73 Å². The average molecular weight is 275 g/mol. The Kier molecular flexibility index (Phi) is 6.48. The zero-order valence-corrected chi connectivity index (χ0v) is 10.5. The molecule has 19 heavy (non-hydrogen) atoms. The summed E-state index contributed by atoms with van der Waals surface area (Å²) in [7, 11) is 0. The molecule has 2 amide bonds. The zero-order chi connectivity index (χ0) is 15.2. The van der Waals surface area contributed by atoms with Crippen LogP contribution in [0.15, 0.2) is 0 Å². The quantitative estimate of drug-likeness (QED) is 0.355. The number of hydrogen-bond acceptors (Lipinski definition) is 5. The number of amides is 2. The molecule has 0 rings (SSSR count). The Labute approximate surface area is 109 Å². The number of nitrogens with two attached hydrogens (primary N) is 1. The molecule has 0 fully saturated rings.